The van der Waals surface area contributed by atoms with Crippen LogP contribution in [0.3, 0.4) is 0 Å². The number of para-hydroxylation sites is 3. The largest absolute Gasteiger partial charge is 0.493 e. The topological polar surface area (TPSA) is 74.3 Å². The van der Waals surface area contributed by atoms with E-state index in [1.165, 1.54) is 0 Å². The van der Waals surface area contributed by atoms with Gasteiger partial charge in [0.25, 0.3) is 0 Å². The van der Waals surface area contributed by atoms with Gasteiger partial charge in [0.05, 0.1) is 29.4 Å². The molecule has 1 aliphatic heterocycles. The van der Waals surface area contributed by atoms with Crippen molar-refractivity contribution in [2.45, 2.75) is 6.10 Å². The number of ether oxygens (including phenoxy) is 2. The Hall–Kier alpha value is -2.03. The van der Waals surface area contributed by atoms with Crippen LogP contribution in [0.1, 0.15) is 0 Å². The van der Waals surface area contributed by atoms with E-state index in [1.807, 2.05) is 24.3 Å². The minimum absolute atomic E-state index is 0.159. The Labute approximate surface area is 192 Å². The van der Waals surface area contributed by atoms with Gasteiger partial charge in [0.15, 0.2) is 11.5 Å². The van der Waals surface area contributed by atoms with Crippen LogP contribution < -0.4 is 14.8 Å². The molecule has 7 nitrogen and oxygen atoms in total. The Morgan fingerprint density at radius 1 is 1.03 bits per heavy atom. The van der Waals surface area contributed by atoms with Gasteiger partial charge in [0, 0.05) is 32.7 Å². The minimum Gasteiger partial charge on any atom is -0.493 e. The standard InChI is InChI=1S/C22H27Cl2N3O4/c1-30-19-7-2-3-8-20(19)31-15-16(28)13-26-9-11-27(12-10-26)14-21(29)25-22-17(23)5-4-6-18(22)24/h2-8,16,28H,9-15H2,1H3,(H,25,29). The third-order valence-corrected chi connectivity index (χ3v) is 5.66. The van der Waals surface area contributed by atoms with Crippen molar-refractivity contribution in [1.82, 2.24) is 9.80 Å². The molecule has 1 amide bonds. The molecule has 0 spiro atoms. The quantitative estimate of drug-likeness (QED) is 0.590. The zero-order chi connectivity index (χ0) is 22.2. The second kappa shape index (κ2) is 11.5. The number of benzene rings is 2. The molecule has 0 aromatic heterocycles. The number of methoxy groups -OCH3 is 1. The number of aliphatic hydroxyl groups excluding tert-OH is 1. The number of hydrogen-bond donors (Lipinski definition) is 2. The lowest BCUT2D eigenvalue weighted by molar-refractivity contribution is -0.117. The molecule has 0 aliphatic carbocycles. The van der Waals surface area contributed by atoms with Crippen LogP contribution in [0.2, 0.25) is 10.0 Å². The number of carbonyl (C=O) groups excluding carboxylic acids is 1. The van der Waals surface area contributed by atoms with Gasteiger partial charge in [-0.25, -0.2) is 0 Å². The summed E-state index contributed by atoms with van der Waals surface area (Å²) < 4.78 is 10.9. The zero-order valence-electron chi connectivity index (χ0n) is 17.4. The molecule has 1 aliphatic rings. The first-order chi connectivity index (χ1) is 15.0. The van der Waals surface area contributed by atoms with E-state index in [0.717, 1.165) is 26.2 Å². The van der Waals surface area contributed by atoms with E-state index >= 15 is 0 Å². The average Bonchev–Trinajstić information content (AvgIpc) is 2.76. The first-order valence-electron chi connectivity index (χ1n) is 10.1. The van der Waals surface area contributed by atoms with Crippen molar-refractivity contribution >= 4 is 34.8 Å². The van der Waals surface area contributed by atoms with E-state index in [9.17, 15) is 9.90 Å². The van der Waals surface area contributed by atoms with Crippen molar-refractivity contribution < 1.29 is 19.4 Å². The lowest BCUT2D eigenvalue weighted by Crippen LogP contribution is -2.50. The maximum absolute atomic E-state index is 12.4. The maximum Gasteiger partial charge on any atom is 0.238 e. The molecule has 1 atom stereocenters. The van der Waals surface area contributed by atoms with E-state index in [0.29, 0.717) is 33.8 Å². The predicted molar refractivity (Wildman–Crippen MR) is 122 cm³/mol. The van der Waals surface area contributed by atoms with Crippen molar-refractivity contribution in [3.63, 3.8) is 0 Å². The van der Waals surface area contributed by atoms with Crippen LogP contribution in [0.5, 0.6) is 11.5 Å². The van der Waals surface area contributed by atoms with Crippen LogP contribution in [0.4, 0.5) is 5.69 Å². The van der Waals surface area contributed by atoms with Gasteiger partial charge >= 0.3 is 0 Å². The second-order valence-corrected chi connectivity index (χ2v) is 8.15. The number of anilines is 1. The SMILES string of the molecule is COc1ccccc1OCC(O)CN1CCN(CC(=O)Nc2c(Cl)cccc2Cl)CC1. The molecule has 0 bridgehead atoms. The molecule has 1 fully saturated rings. The zero-order valence-corrected chi connectivity index (χ0v) is 18.9. The molecule has 2 aromatic carbocycles. The van der Waals surface area contributed by atoms with E-state index in [4.69, 9.17) is 32.7 Å². The number of carbonyl (C=O) groups is 1. The van der Waals surface area contributed by atoms with Gasteiger partial charge in [-0.15, -0.1) is 0 Å². The highest BCUT2D eigenvalue weighted by Gasteiger charge is 2.22. The van der Waals surface area contributed by atoms with Crippen molar-refractivity contribution in [2.75, 3.05) is 58.3 Å². The summed E-state index contributed by atoms with van der Waals surface area (Å²) in [7, 11) is 1.58. The molecular weight excluding hydrogens is 441 g/mol. The number of aliphatic hydroxyl groups is 1. The summed E-state index contributed by atoms with van der Waals surface area (Å²) in [5, 5.41) is 14.0. The Balaban J connectivity index is 1.38. The third kappa shape index (κ3) is 6.98. The van der Waals surface area contributed by atoms with Gasteiger partial charge in [-0.2, -0.15) is 0 Å². The number of halogens is 2. The summed E-state index contributed by atoms with van der Waals surface area (Å²) in [4.78, 5) is 16.6. The van der Waals surface area contributed by atoms with Crippen LogP contribution in [0.15, 0.2) is 42.5 Å². The predicted octanol–water partition coefficient (Wildman–Crippen LogP) is 3.00. The van der Waals surface area contributed by atoms with Gasteiger partial charge in [-0.05, 0) is 24.3 Å². The summed E-state index contributed by atoms with van der Waals surface area (Å²) in [6.07, 6.45) is -0.623. The second-order valence-electron chi connectivity index (χ2n) is 7.34. The molecule has 2 N–H and O–H groups in total. The molecule has 1 heterocycles. The van der Waals surface area contributed by atoms with Gasteiger partial charge in [0.1, 0.15) is 12.7 Å². The van der Waals surface area contributed by atoms with Crippen LogP contribution in [-0.4, -0.2) is 79.9 Å². The smallest absolute Gasteiger partial charge is 0.238 e. The molecule has 0 radical (unpaired) electrons. The fraction of sp³-hybridized carbons (Fsp3) is 0.409. The first-order valence-corrected chi connectivity index (χ1v) is 10.8. The van der Waals surface area contributed by atoms with Crippen LogP contribution in [0, 0.1) is 0 Å². The number of rotatable bonds is 9. The number of amides is 1. The van der Waals surface area contributed by atoms with Crippen molar-refractivity contribution in [2.24, 2.45) is 0 Å². The van der Waals surface area contributed by atoms with Crippen LogP contribution >= 0.6 is 23.2 Å². The molecule has 0 saturated carbocycles. The van der Waals surface area contributed by atoms with Gasteiger partial charge in [-0.3, -0.25) is 14.6 Å². The molecule has 9 heteroatoms. The van der Waals surface area contributed by atoms with E-state index in [2.05, 4.69) is 15.1 Å². The molecule has 1 unspecified atom stereocenters. The molecule has 3 rings (SSSR count). The van der Waals surface area contributed by atoms with Gasteiger partial charge < -0.3 is 19.9 Å². The van der Waals surface area contributed by atoms with Crippen molar-refractivity contribution in [3.05, 3.63) is 52.5 Å². The van der Waals surface area contributed by atoms with Crippen LogP contribution in [-0.2, 0) is 4.79 Å². The number of piperazine rings is 1. The number of nitrogens with one attached hydrogen (secondary N) is 1. The number of hydrogen-bond acceptors (Lipinski definition) is 6. The Kier molecular flexibility index (Phi) is 8.80. The normalized spacial score (nSPS) is 16.0. The number of nitrogens with zero attached hydrogens (tertiary/aromatic N) is 2. The monoisotopic (exact) mass is 467 g/mol. The van der Waals surface area contributed by atoms with Gasteiger partial charge in [-0.1, -0.05) is 41.4 Å². The fourth-order valence-corrected chi connectivity index (χ4v) is 3.90. The lowest BCUT2D eigenvalue weighted by atomic mass is 10.2. The highest BCUT2D eigenvalue weighted by atomic mass is 35.5. The van der Waals surface area contributed by atoms with E-state index < -0.39 is 6.10 Å². The molecule has 168 valence electrons. The molecular formula is C22H27Cl2N3O4. The summed E-state index contributed by atoms with van der Waals surface area (Å²) in [5.74, 6) is 1.09. The van der Waals surface area contributed by atoms with E-state index in [1.54, 1.807) is 25.3 Å². The summed E-state index contributed by atoms with van der Waals surface area (Å²) >= 11 is 12.2. The summed E-state index contributed by atoms with van der Waals surface area (Å²) in [5.41, 5.74) is 0.438. The molecule has 1 saturated heterocycles. The Bertz CT molecular complexity index is 855. The fourth-order valence-electron chi connectivity index (χ4n) is 3.40. The highest BCUT2D eigenvalue weighted by molar-refractivity contribution is 6.39. The highest BCUT2D eigenvalue weighted by Crippen LogP contribution is 2.29. The van der Waals surface area contributed by atoms with Gasteiger partial charge in [0.2, 0.25) is 5.91 Å². The lowest BCUT2D eigenvalue weighted by Gasteiger charge is -2.35. The minimum atomic E-state index is -0.623. The first kappa shape index (κ1) is 23.6. The third-order valence-electron chi connectivity index (χ3n) is 5.03. The Morgan fingerprint density at radius 2 is 1.65 bits per heavy atom. The summed E-state index contributed by atoms with van der Waals surface area (Å²) in [6.45, 7) is 3.91. The average molecular weight is 468 g/mol. The van der Waals surface area contributed by atoms with E-state index in [-0.39, 0.29) is 19.1 Å². The summed E-state index contributed by atoms with van der Waals surface area (Å²) in [6, 6.07) is 12.5. The molecule has 2 aromatic rings. The maximum atomic E-state index is 12.4. The van der Waals surface area contributed by atoms with Crippen molar-refractivity contribution in [3.8, 4) is 11.5 Å². The van der Waals surface area contributed by atoms with Crippen LogP contribution in [0.25, 0.3) is 0 Å². The van der Waals surface area contributed by atoms with Crippen molar-refractivity contribution in [1.29, 1.82) is 0 Å². The number of β-amino-alcohol motifs (C(OH)–C–C–N with tert-alkyl or cyclic N) is 1. The molecule has 31 heavy (non-hydrogen) atoms. The Morgan fingerprint density at radius 3 is 2.29 bits per heavy atom.